The summed E-state index contributed by atoms with van der Waals surface area (Å²) in [6.07, 6.45) is 4.72. The highest BCUT2D eigenvalue weighted by Gasteiger charge is 2.45. The van der Waals surface area contributed by atoms with E-state index in [1.54, 1.807) is 0 Å². The van der Waals surface area contributed by atoms with E-state index in [4.69, 9.17) is 11.1 Å². The van der Waals surface area contributed by atoms with Gasteiger partial charge in [-0.25, -0.2) is 4.79 Å². The number of carboxylic acid groups (broad SMARTS) is 1. The van der Waals surface area contributed by atoms with Crippen LogP contribution in [0.1, 0.15) is 37.7 Å². The highest BCUT2D eigenvalue weighted by atomic mass is 16.4. The molecule has 108 valence electrons. The third kappa shape index (κ3) is 2.76. The number of carboxylic acids is 1. The smallest absolute Gasteiger partial charge is 0.327 e. The molecule has 1 fully saturated rings. The van der Waals surface area contributed by atoms with Crippen LogP contribution in [0.5, 0.6) is 0 Å². The molecule has 5 N–H and O–H groups in total. The maximum absolute atomic E-state index is 11.7. The van der Waals surface area contributed by atoms with Crippen molar-refractivity contribution >= 4 is 11.9 Å². The monoisotopic (exact) mass is 275 g/mol. The van der Waals surface area contributed by atoms with Crippen LogP contribution in [0, 0.1) is 5.41 Å². The number of carbonyl (C=O) groups is 1. The number of nitrogens with one attached hydrogen (secondary N) is 2. The maximum Gasteiger partial charge on any atom is 0.327 e. The second-order valence-electron chi connectivity index (χ2n) is 5.41. The van der Waals surface area contributed by atoms with Gasteiger partial charge in [0, 0.05) is 5.41 Å². The van der Waals surface area contributed by atoms with Crippen molar-refractivity contribution in [3.63, 3.8) is 0 Å². The van der Waals surface area contributed by atoms with Crippen LogP contribution in [0.25, 0.3) is 0 Å². The number of hydrogen-bond acceptors (Lipinski definition) is 2. The molecule has 5 nitrogen and oxygen atoms in total. The van der Waals surface area contributed by atoms with Gasteiger partial charge in [0.25, 0.3) is 0 Å². The molecule has 1 atom stereocenters. The molecule has 1 aromatic carbocycles. The van der Waals surface area contributed by atoms with Crippen LogP contribution in [0.4, 0.5) is 0 Å². The fraction of sp³-hybridized carbons (Fsp3) is 0.467. The maximum atomic E-state index is 11.7. The van der Waals surface area contributed by atoms with E-state index in [1.165, 1.54) is 0 Å². The Morgan fingerprint density at radius 2 is 1.85 bits per heavy atom. The molecule has 0 aromatic heterocycles. The van der Waals surface area contributed by atoms with Gasteiger partial charge in [0.05, 0.1) is 0 Å². The first kappa shape index (κ1) is 14.4. The molecule has 1 aliphatic rings. The molecular weight excluding hydrogens is 254 g/mol. The van der Waals surface area contributed by atoms with Crippen LogP contribution in [-0.4, -0.2) is 23.1 Å². The van der Waals surface area contributed by atoms with Crippen molar-refractivity contribution in [2.45, 2.75) is 43.6 Å². The summed E-state index contributed by atoms with van der Waals surface area (Å²) in [5.41, 5.74) is 5.91. The summed E-state index contributed by atoms with van der Waals surface area (Å²) >= 11 is 0. The summed E-state index contributed by atoms with van der Waals surface area (Å²) in [6, 6.07) is 8.87. The molecule has 0 heterocycles. The molecular formula is C15H21N3O2. The molecule has 0 aliphatic heterocycles. The Labute approximate surface area is 118 Å². The number of nitrogens with two attached hydrogens (primary N) is 1. The van der Waals surface area contributed by atoms with E-state index in [2.05, 4.69) is 5.32 Å². The lowest BCUT2D eigenvalue weighted by Crippen LogP contribution is -2.57. The van der Waals surface area contributed by atoms with Crippen molar-refractivity contribution in [1.29, 1.82) is 5.41 Å². The average molecular weight is 275 g/mol. The molecule has 0 amide bonds. The SMILES string of the molecule is N=C(N)NC(C(=O)O)C1(c2ccccc2)CCCCC1. The molecule has 0 saturated heterocycles. The predicted octanol–water partition coefficient (Wildman–Crippen LogP) is 1.82. The van der Waals surface area contributed by atoms with Gasteiger partial charge in [-0.05, 0) is 18.4 Å². The molecule has 20 heavy (non-hydrogen) atoms. The summed E-state index contributed by atoms with van der Waals surface area (Å²) in [5, 5.41) is 19.6. The van der Waals surface area contributed by atoms with Crippen molar-refractivity contribution in [2.75, 3.05) is 0 Å². The highest BCUT2D eigenvalue weighted by Crippen LogP contribution is 2.42. The quantitative estimate of drug-likeness (QED) is 0.497. The summed E-state index contributed by atoms with van der Waals surface area (Å²) < 4.78 is 0. The van der Waals surface area contributed by atoms with E-state index >= 15 is 0 Å². The number of rotatable bonds is 4. The third-order valence-corrected chi connectivity index (χ3v) is 4.19. The topological polar surface area (TPSA) is 99.2 Å². The first-order valence-electron chi connectivity index (χ1n) is 6.95. The number of hydrogen-bond donors (Lipinski definition) is 4. The Balaban J connectivity index is 2.44. The number of benzene rings is 1. The van der Waals surface area contributed by atoms with Crippen LogP contribution in [-0.2, 0) is 10.2 Å². The van der Waals surface area contributed by atoms with Gasteiger partial charge in [0.15, 0.2) is 5.96 Å². The Morgan fingerprint density at radius 3 is 2.35 bits per heavy atom. The van der Waals surface area contributed by atoms with Crippen LogP contribution < -0.4 is 11.1 Å². The first-order valence-corrected chi connectivity index (χ1v) is 6.95. The van der Waals surface area contributed by atoms with Crippen molar-refractivity contribution < 1.29 is 9.90 Å². The van der Waals surface area contributed by atoms with Gasteiger partial charge < -0.3 is 16.2 Å². The Kier molecular flexibility index (Phi) is 4.27. The molecule has 0 radical (unpaired) electrons. The summed E-state index contributed by atoms with van der Waals surface area (Å²) in [7, 11) is 0. The van der Waals surface area contributed by atoms with Gasteiger partial charge in [-0.2, -0.15) is 0 Å². The van der Waals surface area contributed by atoms with Gasteiger partial charge in [0.1, 0.15) is 6.04 Å². The minimum absolute atomic E-state index is 0.293. The molecule has 5 heteroatoms. The lowest BCUT2D eigenvalue weighted by atomic mass is 9.65. The normalized spacial score (nSPS) is 19.0. The van der Waals surface area contributed by atoms with Crippen LogP contribution in [0.15, 0.2) is 30.3 Å². The fourth-order valence-corrected chi connectivity index (χ4v) is 3.29. The molecule has 1 saturated carbocycles. The number of aliphatic carboxylic acids is 1. The number of guanidine groups is 1. The lowest BCUT2D eigenvalue weighted by Gasteiger charge is -2.42. The van der Waals surface area contributed by atoms with Crippen LogP contribution in [0.3, 0.4) is 0 Å². The van der Waals surface area contributed by atoms with Gasteiger partial charge in [0.2, 0.25) is 0 Å². The van der Waals surface area contributed by atoms with Gasteiger partial charge in [-0.1, -0.05) is 49.6 Å². The van der Waals surface area contributed by atoms with Gasteiger partial charge in [-0.15, -0.1) is 0 Å². The molecule has 1 unspecified atom stereocenters. The zero-order chi connectivity index (χ0) is 14.6. The average Bonchev–Trinajstić information content (AvgIpc) is 2.46. The van der Waals surface area contributed by atoms with E-state index in [-0.39, 0.29) is 5.96 Å². The molecule has 0 spiro atoms. The van der Waals surface area contributed by atoms with Crippen LogP contribution in [0.2, 0.25) is 0 Å². The second-order valence-corrected chi connectivity index (χ2v) is 5.41. The predicted molar refractivity (Wildman–Crippen MR) is 77.7 cm³/mol. The minimum atomic E-state index is -0.953. The van der Waals surface area contributed by atoms with E-state index in [0.717, 1.165) is 37.7 Å². The lowest BCUT2D eigenvalue weighted by molar-refractivity contribution is -0.141. The van der Waals surface area contributed by atoms with E-state index in [9.17, 15) is 9.90 Å². The third-order valence-electron chi connectivity index (χ3n) is 4.19. The molecule has 1 aromatic rings. The van der Waals surface area contributed by atoms with Gasteiger partial charge >= 0.3 is 5.97 Å². The summed E-state index contributed by atoms with van der Waals surface area (Å²) in [5.74, 6) is -1.25. The Morgan fingerprint density at radius 1 is 1.25 bits per heavy atom. The summed E-state index contributed by atoms with van der Waals surface area (Å²) in [4.78, 5) is 11.7. The zero-order valence-electron chi connectivity index (χ0n) is 11.4. The van der Waals surface area contributed by atoms with Crippen molar-refractivity contribution in [3.05, 3.63) is 35.9 Å². The standard InChI is InChI=1S/C15H21N3O2/c16-14(17)18-12(13(19)20)15(9-5-2-6-10-15)11-7-3-1-4-8-11/h1,3-4,7-8,12H,2,5-6,9-10H2,(H,19,20)(H4,16,17,18). The van der Waals surface area contributed by atoms with E-state index in [1.807, 2.05) is 30.3 Å². The largest absolute Gasteiger partial charge is 0.480 e. The van der Waals surface area contributed by atoms with Crippen molar-refractivity contribution in [2.24, 2.45) is 5.73 Å². The Hall–Kier alpha value is -2.04. The van der Waals surface area contributed by atoms with Gasteiger partial charge in [-0.3, -0.25) is 5.41 Å². The first-order chi connectivity index (χ1) is 9.56. The van der Waals surface area contributed by atoms with E-state index < -0.39 is 17.4 Å². The van der Waals surface area contributed by atoms with Crippen LogP contribution >= 0.6 is 0 Å². The molecule has 0 bridgehead atoms. The zero-order valence-corrected chi connectivity index (χ0v) is 11.4. The van der Waals surface area contributed by atoms with Crippen molar-refractivity contribution in [1.82, 2.24) is 5.32 Å². The molecule has 2 rings (SSSR count). The summed E-state index contributed by atoms with van der Waals surface area (Å²) in [6.45, 7) is 0. The Bertz CT molecular complexity index is 481. The highest BCUT2D eigenvalue weighted by molar-refractivity contribution is 5.84. The van der Waals surface area contributed by atoms with Crippen molar-refractivity contribution in [3.8, 4) is 0 Å². The fourth-order valence-electron chi connectivity index (χ4n) is 3.29. The minimum Gasteiger partial charge on any atom is -0.480 e. The molecule has 1 aliphatic carbocycles. The second kappa shape index (κ2) is 5.94. The van der Waals surface area contributed by atoms with E-state index in [0.29, 0.717) is 0 Å².